The second-order valence-electron chi connectivity index (χ2n) is 7.14. The Labute approximate surface area is 172 Å². The minimum Gasteiger partial charge on any atom is -0.491 e. The Morgan fingerprint density at radius 2 is 2.03 bits per heavy atom. The maximum atomic E-state index is 14.7. The molecule has 0 spiro atoms. The van der Waals surface area contributed by atoms with Gasteiger partial charge in [0, 0.05) is 23.6 Å². The summed E-state index contributed by atoms with van der Waals surface area (Å²) in [6.07, 6.45) is 3.18. The van der Waals surface area contributed by atoms with E-state index in [2.05, 4.69) is 10.9 Å². The van der Waals surface area contributed by atoms with Gasteiger partial charge in [-0.25, -0.2) is 9.82 Å². The number of carbonyl (C=O) groups excluding carboxylic acids is 1. The first-order valence-corrected chi connectivity index (χ1v) is 9.78. The maximum Gasteiger partial charge on any atom is 0.234 e. The molecule has 2 aromatic rings. The van der Waals surface area contributed by atoms with Crippen LogP contribution in [0.3, 0.4) is 0 Å². The molecule has 0 bridgehead atoms. The lowest BCUT2D eigenvalue weighted by atomic mass is 10.0. The molecule has 2 fully saturated rings. The molecule has 4 rings (SSSR count). The number of benzene rings is 2. The van der Waals surface area contributed by atoms with E-state index < -0.39 is 5.82 Å². The normalized spacial score (nSPS) is 18.7. The molecule has 2 aliphatic rings. The van der Waals surface area contributed by atoms with Crippen LogP contribution in [0.5, 0.6) is 11.5 Å². The molecule has 1 heterocycles. The third-order valence-corrected chi connectivity index (χ3v) is 5.13. The summed E-state index contributed by atoms with van der Waals surface area (Å²) in [6.45, 7) is 0.245. The van der Waals surface area contributed by atoms with Crippen LogP contribution in [0.4, 0.5) is 4.39 Å². The lowest BCUT2D eigenvalue weighted by Crippen LogP contribution is -2.51. The van der Waals surface area contributed by atoms with Crippen LogP contribution in [0.2, 0.25) is 5.02 Å². The number of hydrogen-bond acceptors (Lipinski definition) is 5. The highest BCUT2D eigenvalue weighted by Gasteiger charge is 2.25. The van der Waals surface area contributed by atoms with Gasteiger partial charge >= 0.3 is 0 Å². The molecule has 2 aromatic carbocycles. The Bertz CT molecular complexity index is 978. The fourth-order valence-electron chi connectivity index (χ4n) is 3.07. The quantitative estimate of drug-likeness (QED) is 0.751. The average Bonchev–Trinajstić information content (AvgIpc) is 3.53. The third-order valence-electron chi connectivity index (χ3n) is 4.82. The maximum absolute atomic E-state index is 14.7. The first kappa shape index (κ1) is 19.5. The van der Waals surface area contributed by atoms with Crippen molar-refractivity contribution in [2.24, 2.45) is 0 Å². The summed E-state index contributed by atoms with van der Waals surface area (Å²) < 4.78 is 26.4. The van der Waals surface area contributed by atoms with E-state index in [1.54, 1.807) is 12.1 Å². The number of rotatable bonds is 6. The lowest BCUT2D eigenvalue weighted by molar-refractivity contribution is -0.124. The topological polar surface area (TPSA) is 83.4 Å². The number of nitriles is 1. The Hall–Kier alpha value is -2.82. The van der Waals surface area contributed by atoms with Crippen LogP contribution in [0.25, 0.3) is 11.1 Å². The summed E-state index contributed by atoms with van der Waals surface area (Å²) in [7, 11) is 0. The molecule has 1 amide bonds. The van der Waals surface area contributed by atoms with Crippen molar-refractivity contribution in [2.75, 3.05) is 6.61 Å². The van der Waals surface area contributed by atoms with Gasteiger partial charge in [-0.05, 0) is 43.5 Å². The van der Waals surface area contributed by atoms with E-state index in [-0.39, 0.29) is 40.8 Å². The van der Waals surface area contributed by atoms with Gasteiger partial charge in [-0.1, -0.05) is 11.6 Å². The van der Waals surface area contributed by atoms with Crippen molar-refractivity contribution in [3.8, 4) is 28.7 Å². The SMILES string of the molecule is N#Cc1cc(-c2cc(OC3CC3)ccc2F)c(OCC2CCC(=O)NN2)cc1Cl. The zero-order valence-corrected chi connectivity index (χ0v) is 16.3. The molecule has 6 nitrogen and oxygen atoms in total. The summed E-state index contributed by atoms with van der Waals surface area (Å²) in [5.74, 6) is 0.403. The fraction of sp³-hybridized carbons (Fsp3) is 0.333. The van der Waals surface area contributed by atoms with Gasteiger partial charge in [0.2, 0.25) is 5.91 Å². The number of hydrogen-bond donors (Lipinski definition) is 2. The van der Waals surface area contributed by atoms with Crippen molar-refractivity contribution in [2.45, 2.75) is 37.8 Å². The van der Waals surface area contributed by atoms with Crippen molar-refractivity contribution in [1.82, 2.24) is 10.9 Å². The van der Waals surface area contributed by atoms with E-state index >= 15 is 0 Å². The second kappa shape index (κ2) is 8.27. The summed E-state index contributed by atoms with van der Waals surface area (Å²) in [5, 5.41) is 9.57. The van der Waals surface area contributed by atoms with Gasteiger partial charge in [0.25, 0.3) is 0 Å². The Morgan fingerprint density at radius 3 is 2.72 bits per heavy atom. The van der Waals surface area contributed by atoms with Crippen LogP contribution < -0.4 is 20.3 Å². The first-order valence-electron chi connectivity index (χ1n) is 9.41. The standard InChI is InChI=1S/C21H19ClFN3O3/c22-18-9-20(28-11-13-1-6-21(27)26-25-13)17(7-12(18)10-24)16-8-15(4-5-19(16)23)29-14-2-3-14/h4-5,7-9,13-14,25H,1-3,6,11H2,(H,26,27). The van der Waals surface area contributed by atoms with Gasteiger partial charge in [0.15, 0.2) is 0 Å². The molecule has 1 saturated heterocycles. The number of nitrogens with one attached hydrogen (secondary N) is 2. The summed E-state index contributed by atoms with van der Waals surface area (Å²) in [6, 6.07) is 9.51. The lowest BCUT2D eigenvalue weighted by Gasteiger charge is -2.24. The third kappa shape index (κ3) is 4.61. The van der Waals surface area contributed by atoms with E-state index in [0.29, 0.717) is 29.9 Å². The van der Waals surface area contributed by atoms with Crippen LogP contribution in [-0.4, -0.2) is 24.7 Å². The molecule has 29 heavy (non-hydrogen) atoms. The van der Waals surface area contributed by atoms with Crippen LogP contribution in [0.15, 0.2) is 30.3 Å². The van der Waals surface area contributed by atoms with E-state index in [1.165, 1.54) is 18.2 Å². The molecule has 1 atom stereocenters. The highest BCUT2D eigenvalue weighted by Crippen LogP contribution is 2.38. The number of nitrogens with zero attached hydrogens (tertiary/aromatic N) is 1. The van der Waals surface area contributed by atoms with E-state index in [4.69, 9.17) is 21.1 Å². The van der Waals surface area contributed by atoms with E-state index in [9.17, 15) is 14.4 Å². The number of carbonyl (C=O) groups is 1. The molecule has 8 heteroatoms. The first-order chi connectivity index (χ1) is 14.0. The molecular weight excluding hydrogens is 397 g/mol. The molecule has 1 unspecified atom stereocenters. The van der Waals surface area contributed by atoms with Gasteiger partial charge < -0.3 is 9.47 Å². The summed E-state index contributed by atoms with van der Waals surface area (Å²) >= 11 is 6.18. The van der Waals surface area contributed by atoms with E-state index in [0.717, 1.165) is 12.8 Å². The summed E-state index contributed by atoms with van der Waals surface area (Å²) in [5.41, 5.74) is 6.37. The largest absolute Gasteiger partial charge is 0.491 e. The minimum atomic E-state index is -0.452. The highest BCUT2D eigenvalue weighted by atomic mass is 35.5. The molecular formula is C21H19ClFN3O3. The van der Waals surface area contributed by atoms with Crippen LogP contribution in [-0.2, 0) is 4.79 Å². The average molecular weight is 416 g/mol. The van der Waals surface area contributed by atoms with Gasteiger partial charge in [-0.15, -0.1) is 0 Å². The van der Waals surface area contributed by atoms with Crippen LogP contribution >= 0.6 is 11.6 Å². The Morgan fingerprint density at radius 1 is 1.21 bits per heavy atom. The molecule has 150 valence electrons. The van der Waals surface area contributed by atoms with Crippen molar-refractivity contribution < 1.29 is 18.7 Å². The number of hydrazine groups is 1. The predicted octanol–water partition coefficient (Wildman–Crippen LogP) is 3.72. The van der Waals surface area contributed by atoms with Crippen molar-refractivity contribution in [3.63, 3.8) is 0 Å². The minimum absolute atomic E-state index is 0.0714. The number of halogens is 2. The summed E-state index contributed by atoms with van der Waals surface area (Å²) in [4.78, 5) is 11.3. The monoisotopic (exact) mass is 415 g/mol. The molecule has 2 N–H and O–H groups in total. The van der Waals surface area contributed by atoms with Gasteiger partial charge in [-0.2, -0.15) is 5.26 Å². The Balaban J connectivity index is 1.64. The fourth-order valence-corrected chi connectivity index (χ4v) is 3.27. The molecule has 1 saturated carbocycles. The smallest absolute Gasteiger partial charge is 0.234 e. The number of ether oxygens (including phenoxy) is 2. The number of amides is 1. The second-order valence-corrected chi connectivity index (χ2v) is 7.55. The molecule has 0 radical (unpaired) electrons. The van der Waals surface area contributed by atoms with Crippen molar-refractivity contribution >= 4 is 17.5 Å². The highest BCUT2D eigenvalue weighted by molar-refractivity contribution is 6.32. The molecule has 1 aliphatic heterocycles. The molecule has 0 aromatic heterocycles. The Kier molecular flexibility index (Phi) is 5.56. The van der Waals surface area contributed by atoms with Gasteiger partial charge in [0.1, 0.15) is 30.0 Å². The zero-order chi connectivity index (χ0) is 20.4. The van der Waals surface area contributed by atoms with Gasteiger partial charge in [0.05, 0.1) is 22.7 Å². The van der Waals surface area contributed by atoms with Crippen LogP contribution in [0, 0.1) is 17.1 Å². The predicted molar refractivity (Wildman–Crippen MR) is 105 cm³/mol. The van der Waals surface area contributed by atoms with Gasteiger partial charge in [-0.3, -0.25) is 10.2 Å². The molecule has 1 aliphatic carbocycles. The van der Waals surface area contributed by atoms with E-state index in [1.807, 2.05) is 6.07 Å². The van der Waals surface area contributed by atoms with Crippen molar-refractivity contribution in [1.29, 1.82) is 5.26 Å². The zero-order valence-electron chi connectivity index (χ0n) is 15.5. The van der Waals surface area contributed by atoms with Crippen LogP contribution in [0.1, 0.15) is 31.2 Å². The van der Waals surface area contributed by atoms with Crippen molar-refractivity contribution in [3.05, 3.63) is 46.7 Å².